The zero-order chi connectivity index (χ0) is 18.2. The van der Waals surface area contributed by atoms with Gasteiger partial charge in [-0.1, -0.05) is 30.3 Å². The minimum Gasteiger partial charge on any atom is -0.357 e. The molecule has 1 heterocycles. The number of guanidine groups is 1. The zero-order valence-electron chi connectivity index (χ0n) is 15.0. The molecule has 3 rings (SSSR count). The summed E-state index contributed by atoms with van der Waals surface area (Å²) in [4.78, 5) is 8.50. The van der Waals surface area contributed by atoms with E-state index in [1.54, 1.807) is 23.1 Å². The van der Waals surface area contributed by atoms with Crippen LogP contribution in [0.25, 0.3) is 5.69 Å². The van der Waals surface area contributed by atoms with Crippen molar-refractivity contribution in [1.82, 2.24) is 25.4 Å². The summed E-state index contributed by atoms with van der Waals surface area (Å²) in [6.45, 7) is 3.62. The second-order valence-corrected chi connectivity index (χ2v) is 5.65. The largest absolute Gasteiger partial charge is 0.357 e. The van der Waals surface area contributed by atoms with Crippen molar-refractivity contribution in [2.75, 3.05) is 6.54 Å². The Labute approximate surface area is 175 Å². The Hall–Kier alpha value is -2.49. The second-order valence-electron chi connectivity index (χ2n) is 5.65. The Balaban J connectivity index is 0.00000261. The zero-order valence-corrected chi connectivity index (χ0v) is 17.3. The van der Waals surface area contributed by atoms with E-state index in [0.717, 1.165) is 17.8 Å². The molecular weight excluding hydrogens is 458 g/mol. The van der Waals surface area contributed by atoms with Crippen LogP contribution in [0, 0.1) is 5.82 Å². The van der Waals surface area contributed by atoms with Crippen molar-refractivity contribution in [3.63, 3.8) is 0 Å². The first kappa shape index (κ1) is 20.8. The lowest BCUT2D eigenvalue weighted by Gasteiger charge is -2.12. The van der Waals surface area contributed by atoms with Crippen LogP contribution in [0.2, 0.25) is 0 Å². The summed E-state index contributed by atoms with van der Waals surface area (Å²) in [5.74, 6) is 0.427. The number of aliphatic imine (C=N–C) groups is 1. The Morgan fingerprint density at radius 1 is 1.11 bits per heavy atom. The summed E-state index contributed by atoms with van der Waals surface area (Å²) < 4.78 is 15.4. The second kappa shape index (κ2) is 10.6. The number of halogens is 2. The maximum Gasteiger partial charge on any atom is 0.191 e. The normalized spacial score (nSPS) is 11.0. The predicted molar refractivity (Wildman–Crippen MR) is 115 cm³/mol. The number of rotatable bonds is 6. The van der Waals surface area contributed by atoms with E-state index in [9.17, 15) is 4.39 Å². The highest BCUT2D eigenvalue weighted by atomic mass is 127. The lowest BCUT2D eigenvalue weighted by atomic mass is 10.2. The molecule has 0 atom stereocenters. The Kier molecular flexibility index (Phi) is 8.18. The number of nitrogens with one attached hydrogen (secondary N) is 2. The van der Waals surface area contributed by atoms with Crippen LogP contribution in [0.1, 0.15) is 18.1 Å². The average Bonchev–Trinajstić information content (AvgIpc) is 3.20. The van der Waals surface area contributed by atoms with E-state index >= 15 is 0 Å². The van der Waals surface area contributed by atoms with Gasteiger partial charge in [0.2, 0.25) is 0 Å². The first-order valence-electron chi connectivity index (χ1n) is 8.46. The van der Waals surface area contributed by atoms with Crippen molar-refractivity contribution in [3.05, 3.63) is 78.1 Å². The summed E-state index contributed by atoms with van der Waals surface area (Å²) >= 11 is 0. The van der Waals surface area contributed by atoms with Crippen molar-refractivity contribution < 1.29 is 4.39 Å². The van der Waals surface area contributed by atoms with E-state index in [2.05, 4.69) is 25.7 Å². The molecule has 0 aliphatic rings. The summed E-state index contributed by atoms with van der Waals surface area (Å²) in [5.41, 5.74) is 2.62. The van der Waals surface area contributed by atoms with Crippen LogP contribution < -0.4 is 10.6 Å². The standard InChI is InChI=1S/C19H21FN6.HI/c1-2-22-19(24-12-16-5-3-4-6-18(16)20)23-11-15-7-9-17(10-8-15)26-14-21-13-25-26;/h3-10,13-14H,2,11-12H2,1H3,(H2,22,23,24);1H. The quantitative estimate of drug-likeness (QED) is 0.323. The van der Waals surface area contributed by atoms with Crippen LogP contribution in [-0.4, -0.2) is 27.3 Å². The molecule has 0 fully saturated rings. The van der Waals surface area contributed by atoms with E-state index in [4.69, 9.17) is 0 Å². The number of hydrogen-bond acceptors (Lipinski definition) is 3. The molecule has 0 radical (unpaired) electrons. The SMILES string of the molecule is CCNC(=NCc1ccc(-n2cncn2)cc1)NCc1ccccc1F.I. The van der Waals surface area contributed by atoms with Crippen LogP contribution in [0.4, 0.5) is 4.39 Å². The van der Waals surface area contributed by atoms with Gasteiger partial charge in [0, 0.05) is 18.7 Å². The molecule has 8 heteroatoms. The molecule has 0 saturated carbocycles. The molecule has 6 nitrogen and oxygen atoms in total. The summed E-state index contributed by atoms with van der Waals surface area (Å²) in [6, 6.07) is 14.7. The lowest BCUT2D eigenvalue weighted by Crippen LogP contribution is -2.37. The van der Waals surface area contributed by atoms with E-state index in [1.165, 1.54) is 12.4 Å². The molecule has 0 aliphatic heterocycles. The van der Waals surface area contributed by atoms with E-state index in [0.29, 0.717) is 24.6 Å². The van der Waals surface area contributed by atoms with Gasteiger partial charge < -0.3 is 10.6 Å². The van der Waals surface area contributed by atoms with Gasteiger partial charge in [-0.15, -0.1) is 24.0 Å². The third kappa shape index (κ3) is 6.02. The maximum absolute atomic E-state index is 13.7. The molecule has 0 saturated heterocycles. The number of benzene rings is 2. The topological polar surface area (TPSA) is 67.1 Å². The van der Waals surface area contributed by atoms with Gasteiger partial charge >= 0.3 is 0 Å². The van der Waals surface area contributed by atoms with E-state index < -0.39 is 0 Å². The van der Waals surface area contributed by atoms with E-state index in [1.807, 2.05) is 37.3 Å². The molecule has 0 bridgehead atoms. The molecule has 3 aromatic rings. The summed E-state index contributed by atoms with van der Waals surface area (Å²) in [5, 5.41) is 10.4. The lowest BCUT2D eigenvalue weighted by molar-refractivity contribution is 0.604. The van der Waals surface area contributed by atoms with Gasteiger partial charge in [-0.05, 0) is 30.7 Å². The van der Waals surface area contributed by atoms with Gasteiger partial charge in [0.15, 0.2) is 5.96 Å². The van der Waals surface area contributed by atoms with Crippen LogP contribution in [0.3, 0.4) is 0 Å². The van der Waals surface area contributed by atoms with Crippen LogP contribution >= 0.6 is 24.0 Å². The molecular formula is C19H22FIN6. The fourth-order valence-corrected chi connectivity index (χ4v) is 2.43. The third-order valence-corrected chi connectivity index (χ3v) is 3.79. The van der Waals surface area contributed by atoms with E-state index in [-0.39, 0.29) is 29.8 Å². The fourth-order valence-electron chi connectivity index (χ4n) is 2.43. The Morgan fingerprint density at radius 2 is 1.89 bits per heavy atom. The first-order valence-corrected chi connectivity index (χ1v) is 8.46. The summed E-state index contributed by atoms with van der Waals surface area (Å²) in [7, 11) is 0. The molecule has 1 aromatic heterocycles. The molecule has 0 aliphatic carbocycles. The van der Waals surface area contributed by atoms with Crippen LogP contribution in [0.15, 0.2) is 66.2 Å². The maximum atomic E-state index is 13.7. The molecule has 27 heavy (non-hydrogen) atoms. The Morgan fingerprint density at radius 3 is 2.56 bits per heavy atom. The van der Waals surface area contributed by atoms with Gasteiger partial charge in [0.1, 0.15) is 18.5 Å². The van der Waals surface area contributed by atoms with Gasteiger partial charge in [0.05, 0.1) is 12.2 Å². The van der Waals surface area contributed by atoms with Gasteiger partial charge in [0.25, 0.3) is 0 Å². The average molecular weight is 480 g/mol. The highest BCUT2D eigenvalue weighted by molar-refractivity contribution is 14.0. The Bertz CT molecular complexity index is 849. The number of aromatic nitrogens is 3. The van der Waals surface area contributed by atoms with Crippen molar-refractivity contribution in [1.29, 1.82) is 0 Å². The van der Waals surface area contributed by atoms with Gasteiger partial charge in [-0.25, -0.2) is 19.0 Å². The molecule has 0 spiro atoms. The first-order chi connectivity index (χ1) is 12.8. The highest BCUT2D eigenvalue weighted by Crippen LogP contribution is 2.09. The smallest absolute Gasteiger partial charge is 0.191 e. The van der Waals surface area contributed by atoms with Gasteiger partial charge in [-0.3, -0.25) is 0 Å². The summed E-state index contributed by atoms with van der Waals surface area (Å²) in [6.07, 6.45) is 3.16. The molecule has 0 unspecified atom stereocenters. The van der Waals surface area contributed by atoms with Crippen molar-refractivity contribution >= 4 is 29.9 Å². The van der Waals surface area contributed by atoms with Crippen LogP contribution in [0.5, 0.6) is 0 Å². The van der Waals surface area contributed by atoms with Crippen molar-refractivity contribution in [2.45, 2.75) is 20.0 Å². The molecule has 0 amide bonds. The van der Waals surface area contributed by atoms with Crippen molar-refractivity contribution in [2.24, 2.45) is 4.99 Å². The third-order valence-electron chi connectivity index (χ3n) is 3.79. The van der Waals surface area contributed by atoms with Gasteiger partial charge in [-0.2, -0.15) is 5.10 Å². The predicted octanol–water partition coefficient (Wildman–Crippen LogP) is 3.28. The van der Waals surface area contributed by atoms with Crippen molar-refractivity contribution in [3.8, 4) is 5.69 Å². The monoisotopic (exact) mass is 480 g/mol. The molecule has 142 valence electrons. The molecule has 2 N–H and O–H groups in total. The number of nitrogens with zero attached hydrogens (tertiary/aromatic N) is 4. The fraction of sp³-hybridized carbons (Fsp3) is 0.211. The van der Waals surface area contributed by atoms with Crippen LogP contribution in [-0.2, 0) is 13.1 Å². The minimum absolute atomic E-state index is 0. The highest BCUT2D eigenvalue weighted by Gasteiger charge is 2.03. The molecule has 2 aromatic carbocycles. The number of hydrogen-bond donors (Lipinski definition) is 2. The minimum atomic E-state index is -0.223.